The summed E-state index contributed by atoms with van der Waals surface area (Å²) in [4.78, 5) is 11.9. The fourth-order valence-corrected chi connectivity index (χ4v) is 4.67. The zero-order chi connectivity index (χ0) is 20.9. The number of methoxy groups -OCH3 is 2. The summed E-state index contributed by atoms with van der Waals surface area (Å²) < 4.78 is 43.1. The molecule has 0 aliphatic heterocycles. The number of hydrogen-bond donors (Lipinski definition) is 0. The van der Waals surface area contributed by atoms with E-state index in [4.69, 9.17) is 14.2 Å². The van der Waals surface area contributed by atoms with Crippen LogP contribution in [0.2, 0.25) is 0 Å². The third kappa shape index (κ3) is 5.00. The van der Waals surface area contributed by atoms with Crippen molar-refractivity contribution >= 4 is 21.7 Å². The van der Waals surface area contributed by atoms with Gasteiger partial charge in [0.25, 0.3) is 10.0 Å². The minimum atomic E-state index is -3.98. The van der Waals surface area contributed by atoms with Crippen LogP contribution in [0.5, 0.6) is 11.5 Å². The van der Waals surface area contributed by atoms with Crippen molar-refractivity contribution < 1.29 is 27.4 Å². The van der Waals surface area contributed by atoms with Gasteiger partial charge in [-0.3, -0.25) is 9.10 Å². The van der Waals surface area contributed by atoms with Gasteiger partial charge in [0.1, 0.15) is 18.0 Å². The predicted molar refractivity (Wildman–Crippen MR) is 109 cm³/mol. The molecule has 0 unspecified atom stereocenters. The number of carbonyl (C=O) groups is 1. The first-order valence-electron chi connectivity index (χ1n) is 9.44. The average molecular weight is 419 g/mol. The van der Waals surface area contributed by atoms with E-state index in [2.05, 4.69) is 0 Å². The first-order chi connectivity index (χ1) is 13.9. The second-order valence-corrected chi connectivity index (χ2v) is 8.64. The molecule has 0 radical (unpaired) electrons. The molecule has 3 rings (SSSR count). The van der Waals surface area contributed by atoms with Crippen LogP contribution >= 0.6 is 0 Å². The van der Waals surface area contributed by atoms with Gasteiger partial charge in [-0.25, -0.2) is 8.42 Å². The van der Waals surface area contributed by atoms with Crippen LogP contribution in [0.1, 0.15) is 25.7 Å². The summed E-state index contributed by atoms with van der Waals surface area (Å²) in [5, 5.41) is 0. The minimum absolute atomic E-state index is 0.0495. The summed E-state index contributed by atoms with van der Waals surface area (Å²) in [6, 6.07) is 12.7. The van der Waals surface area contributed by atoms with Crippen LogP contribution in [0.15, 0.2) is 53.4 Å². The van der Waals surface area contributed by atoms with Crippen LogP contribution in [-0.4, -0.2) is 41.3 Å². The summed E-state index contributed by atoms with van der Waals surface area (Å²) in [6.07, 6.45) is 4.59. The van der Waals surface area contributed by atoms with E-state index in [9.17, 15) is 13.2 Å². The highest BCUT2D eigenvalue weighted by Crippen LogP contribution is 2.29. The van der Waals surface area contributed by atoms with E-state index in [0.29, 0.717) is 17.2 Å². The quantitative estimate of drug-likeness (QED) is 0.610. The molecule has 0 heterocycles. The van der Waals surface area contributed by atoms with E-state index in [0.717, 1.165) is 30.0 Å². The summed E-state index contributed by atoms with van der Waals surface area (Å²) >= 11 is 0. The molecule has 0 amide bonds. The summed E-state index contributed by atoms with van der Waals surface area (Å²) in [7, 11) is -1.26. The molecule has 0 N–H and O–H groups in total. The Bertz CT molecular complexity index is 919. The third-order valence-electron chi connectivity index (χ3n) is 4.88. The molecule has 0 bridgehead atoms. The molecule has 0 spiro atoms. The zero-order valence-electron chi connectivity index (χ0n) is 16.5. The van der Waals surface area contributed by atoms with Gasteiger partial charge in [-0.1, -0.05) is 0 Å². The Hall–Kier alpha value is -2.74. The Morgan fingerprint density at radius 3 is 2.10 bits per heavy atom. The molecule has 2 aromatic carbocycles. The molecule has 0 saturated heterocycles. The lowest BCUT2D eigenvalue weighted by atomic mass is 10.2. The van der Waals surface area contributed by atoms with Crippen molar-refractivity contribution in [1.29, 1.82) is 0 Å². The van der Waals surface area contributed by atoms with Gasteiger partial charge in [0.05, 0.1) is 30.9 Å². The smallest absolute Gasteiger partial charge is 0.326 e. The van der Waals surface area contributed by atoms with Gasteiger partial charge in [0, 0.05) is 0 Å². The lowest BCUT2D eigenvalue weighted by Crippen LogP contribution is -2.36. The molecular weight excluding hydrogens is 394 g/mol. The van der Waals surface area contributed by atoms with Crippen molar-refractivity contribution in [3.05, 3.63) is 48.5 Å². The second-order valence-electron chi connectivity index (χ2n) is 6.78. The highest BCUT2D eigenvalue weighted by molar-refractivity contribution is 7.92. The van der Waals surface area contributed by atoms with Gasteiger partial charge < -0.3 is 14.2 Å². The predicted octanol–water partition coefficient (Wildman–Crippen LogP) is 3.38. The SMILES string of the molecule is COC(=O)CN(c1ccc(OC2CCCC2)cc1)S(=O)(=O)c1ccc(OC)cc1. The van der Waals surface area contributed by atoms with E-state index in [1.807, 2.05) is 0 Å². The monoisotopic (exact) mass is 419 g/mol. The second kappa shape index (κ2) is 9.17. The molecule has 156 valence electrons. The maximum Gasteiger partial charge on any atom is 0.326 e. The highest BCUT2D eigenvalue weighted by atomic mass is 32.2. The first-order valence-corrected chi connectivity index (χ1v) is 10.9. The van der Waals surface area contributed by atoms with Gasteiger partial charge in [-0.2, -0.15) is 0 Å². The highest BCUT2D eigenvalue weighted by Gasteiger charge is 2.28. The molecule has 0 aromatic heterocycles. The minimum Gasteiger partial charge on any atom is -0.497 e. The standard InChI is InChI=1S/C21H25NO6S/c1-26-17-11-13-20(14-12-17)29(24,25)22(15-21(23)27-2)16-7-9-19(10-8-16)28-18-5-3-4-6-18/h7-14,18H,3-6,15H2,1-2H3. The Kier molecular flexibility index (Phi) is 6.64. The molecular formula is C21H25NO6S. The molecule has 1 fully saturated rings. The fourth-order valence-electron chi connectivity index (χ4n) is 3.26. The number of esters is 1. The number of rotatable bonds is 8. The van der Waals surface area contributed by atoms with E-state index < -0.39 is 22.5 Å². The van der Waals surface area contributed by atoms with Gasteiger partial charge in [0.2, 0.25) is 0 Å². The maximum atomic E-state index is 13.2. The Morgan fingerprint density at radius 2 is 1.55 bits per heavy atom. The largest absolute Gasteiger partial charge is 0.497 e. The van der Waals surface area contributed by atoms with Gasteiger partial charge in [-0.05, 0) is 74.2 Å². The number of anilines is 1. The number of hydrogen-bond acceptors (Lipinski definition) is 6. The maximum absolute atomic E-state index is 13.2. The lowest BCUT2D eigenvalue weighted by Gasteiger charge is -2.24. The van der Waals surface area contributed by atoms with Gasteiger partial charge in [-0.15, -0.1) is 0 Å². The summed E-state index contributed by atoms with van der Waals surface area (Å²) in [5.41, 5.74) is 0.352. The topological polar surface area (TPSA) is 82.1 Å². The van der Waals surface area contributed by atoms with Crippen molar-refractivity contribution in [3.8, 4) is 11.5 Å². The molecule has 29 heavy (non-hydrogen) atoms. The first kappa shape index (κ1) is 21.0. The van der Waals surface area contributed by atoms with Crippen molar-refractivity contribution in [1.82, 2.24) is 0 Å². The number of benzene rings is 2. The van der Waals surface area contributed by atoms with Crippen LogP contribution in [-0.2, 0) is 19.6 Å². The van der Waals surface area contributed by atoms with Crippen LogP contribution in [0, 0.1) is 0 Å². The van der Waals surface area contributed by atoms with E-state index in [1.165, 1.54) is 26.4 Å². The van der Waals surface area contributed by atoms with Crippen molar-refractivity contribution in [2.75, 3.05) is 25.1 Å². The average Bonchev–Trinajstić information content (AvgIpc) is 3.25. The van der Waals surface area contributed by atoms with Crippen molar-refractivity contribution in [2.24, 2.45) is 0 Å². The van der Waals surface area contributed by atoms with Gasteiger partial charge >= 0.3 is 5.97 Å². The van der Waals surface area contributed by atoms with E-state index in [1.54, 1.807) is 36.4 Å². The Morgan fingerprint density at radius 1 is 0.966 bits per heavy atom. The summed E-state index contributed by atoms with van der Waals surface area (Å²) in [6.45, 7) is -0.437. The number of nitrogens with zero attached hydrogens (tertiary/aromatic N) is 1. The molecule has 1 aliphatic carbocycles. The third-order valence-corrected chi connectivity index (χ3v) is 6.67. The molecule has 2 aromatic rings. The fraction of sp³-hybridized carbons (Fsp3) is 0.381. The zero-order valence-corrected chi connectivity index (χ0v) is 17.4. The summed E-state index contributed by atoms with van der Waals surface area (Å²) in [5.74, 6) is 0.561. The van der Waals surface area contributed by atoms with Crippen molar-refractivity contribution in [2.45, 2.75) is 36.7 Å². The van der Waals surface area contributed by atoms with Crippen LogP contribution in [0.4, 0.5) is 5.69 Å². The van der Waals surface area contributed by atoms with E-state index >= 15 is 0 Å². The molecule has 8 heteroatoms. The van der Waals surface area contributed by atoms with Crippen LogP contribution < -0.4 is 13.8 Å². The number of ether oxygens (including phenoxy) is 3. The van der Waals surface area contributed by atoms with E-state index in [-0.39, 0.29) is 11.0 Å². The normalized spacial score (nSPS) is 14.4. The lowest BCUT2D eigenvalue weighted by molar-refractivity contribution is -0.138. The number of carbonyl (C=O) groups excluding carboxylic acids is 1. The molecule has 1 aliphatic rings. The van der Waals surface area contributed by atoms with Crippen LogP contribution in [0.25, 0.3) is 0 Å². The molecule has 1 saturated carbocycles. The Balaban J connectivity index is 1.88. The Labute approximate surface area is 171 Å². The van der Waals surface area contributed by atoms with Crippen LogP contribution in [0.3, 0.4) is 0 Å². The molecule has 0 atom stereocenters. The number of sulfonamides is 1. The van der Waals surface area contributed by atoms with Crippen molar-refractivity contribution in [3.63, 3.8) is 0 Å². The van der Waals surface area contributed by atoms with Gasteiger partial charge in [0.15, 0.2) is 0 Å². The molecule has 7 nitrogen and oxygen atoms in total.